The maximum atomic E-state index is 5.72. The Kier molecular flexibility index (Phi) is 4.64. The van der Waals surface area contributed by atoms with Gasteiger partial charge in [-0.15, -0.1) is 11.8 Å². The van der Waals surface area contributed by atoms with E-state index in [1.165, 1.54) is 0 Å². The number of nitrogens with zero attached hydrogens (tertiary/aromatic N) is 1. The molecule has 0 aliphatic heterocycles. The number of anilines is 1. The Bertz CT molecular complexity index is 255. The molecule has 1 heterocycles. The minimum atomic E-state index is 0.755. The second kappa shape index (κ2) is 5.83. The molecule has 1 aromatic rings. The van der Waals surface area contributed by atoms with Gasteiger partial charge < -0.3 is 10.5 Å². The number of pyridine rings is 1. The molecule has 1 rings (SSSR count). The minimum absolute atomic E-state index is 0.755. The van der Waals surface area contributed by atoms with E-state index < -0.39 is 0 Å². The van der Waals surface area contributed by atoms with E-state index in [9.17, 15) is 0 Å². The molecule has 0 aliphatic carbocycles. The molecule has 72 valence electrons. The van der Waals surface area contributed by atoms with Crippen LogP contribution in [0.3, 0.4) is 0 Å². The zero-order chi connectivity index (χ0) is 9.52. The second-order valence-electron chi connectivity index (χ2n) is 2.59. The molecule has 1 aromatic heterocycles. The van der Waals surface area contributed by atoms with Gasteiger partial charge in [0.1, 0.15) is 5.03 Å². The van der Waals surface area contributed by atoms with Crippen LogP contribution >= 0.6 is 11.8 Å². The monoisotopic (exact) mass is 198 g/mol. The SMILES string of the molecule is COCCCSc1ncccc1N. The molecule has 0 amide bonds. The Balaban J connectivity index is 2.32. The van der Waals surface area contributed by atoms with E-state index in [4.69, 9.17) is 10.5 Å². The number of aromatic nitrogens is 1. The first-order valence-electron chi connectivity index (χ1n) is 4.17. The third kappa shape index (κ3) is 3.65. The van der Waals surface area contributed by atoms with Gasteiger partial charge in [0.25, 0.3) is 0 Å². The molecule has 0 bridgehead atoms. The van der Waals surface area contributed by atoms with Gasteiger partial charge in [-0.05, 0) is 18.6 Å². The maximum absolute atomic E-state index is 5.72. The smallest absolute Gasteiger partial charge is 0.119 e. The highest BCUT2D eigenvalue weighted by Crippen LogP contribution is 2.21. The van der Waals surface area contributed by atoms with Gasteiger partial charge in [-0.25, -0.2) is 4.98 Å². The molecule has 0 radical (unpaired) electrons. The predicted octanol–water partition coefficient (Wildman–Crippen LogP) is 1.79. The molecule has 13 heavy (non-hydrogen) atoms. The molecular formula is C9H14N2OS. The van der Waals surface area contributed by atoms with Gasteiger partial charge >= 0.3 is 0 Å². The van der Waals surface area contributed by atoms with Gasteiger partial charge in [0.2, 0.25) is 0 Å². The summed E-state index contributed by atoms with van der Waals surface area (Å²) in [7, 11) is 1.71. The fraction of sp³-hybridized carbons (Fsp3) is 0.444. The number of nitrogen functional groups attached to an aromatic ring is 1. The third-order valence-corrected chi connectivity index (χ3v) is 2.64. The molecule has 0 saturated carbocycles. The molecule has 4 heteroatoms. The van der Waals surface area contributed by atoms with E-state index in [2.05, 4.69) is 4.98 Å². The molecule has 3 nitrogen and oxygen atoms in total. The lowest BCUT2D eigenvalue weighted by Crippen LogP contribution is -1.94. The summed E-state index contributed by atoms with van der Waals surface area (Å²) in [5.41, 5.74) is 6.48. The van der Waals surface area contributed by atoms with Crippen molar-refractivity contribution in [2.24, 2.45) is 0 Å². The highest BCUT2D eigenvalue weighted by Gasteiger charge is 1.98. The zero-order valence-corrected chi connectivity index (χ0v) is 8.51. The number of thioether (sulfide) groups is 1. The van der Waals surface area contributed by atoms with Crippen LogP contribution in [0, 0.1) is 0 Å². The fourth-order valence-electron chi connectivity index (χ4n) is 0.896. The highest BCUT2D eigenvalue weighted by atomic mass is 32.2. The Hall–Kier alpha value is -0.740. The number of nitrogens with two attached hydrogens (primary N) is 1. The number of hydrogen-bond donors (Lipinski definition) is 1. The third-order valence-electron chi connectivity index (χ3n) is 1.53. The van der Waals surface area contributed by atoms with Gasteiger partial charge in [-0.1, -0.05) is 0 Å². The molecule has 0 atom stereocenters. The quantitative estimate of drug-likeness (QED) is 0.579. The highest BCUT2D eigenvalue weighted by molar-refractivity contribution is 7.99. The van der Waals surface area contributed by atoms with Gasteiger partial charge in [-0.3, -0.25) is 0 Å². The average molecular weight is 198 g/mol. The lowest BCUT2D eigenvalue weighted by Gasteiger charge is -2.02. The van der Waals surface area contributed by atoms with Crippen LogP contribution in [0.2, 0.25) is 0 Å². The van der Waals surface area contributed by atoms with Gasteiger partial charge in [0.15, 0.2) is 0 Å². The Morgan fingerprint density at radius 1 is 1.62 bits per heavy atom. The second-order valence-corrected chi connectivity index (χ2v) is 3.68. The van der Waals surface area contributed by atoms with Crippen molar-refractivity contribution in [3.8, 4) is 0 Å². The van der Waals surface area contributed by atoms with Crippen LogP contribution in [-0.4, -0.2) is 24.5 Å². The molecule has 2 N–H and O–H groups in total. The summed E-state index contributed by atoms with van der Waals surface area (Å²) in [6.45, 7) is 0.791. The van der Waals surface area contributed by atoms with Crippen LogP contribution in [-0.2, 0) is 4.74 Å². The van der Waals surface area contributed by atoms with Gasteiger partial charge in [0.05, 0.1) is 5.69 Å². The van der Waals surface area contributed by atoms with Crippen LogP contribution in [0.1, 0.15) is 6.42 Å². The predicted molar refractivity (Wildman–Crippen MR) is 55.9 cm³/mol. The molecule has 0 aliphatic rings. The molecule has 0 aromatic carbocycles. The van der Waals surface area contributed by atoms with Crippen LogP contribution < -0.4 is 5.73 Å². The van der Waals surface area contributed by atoms with E-state index >= 15 is 0 Å². The molecule has 0 spiro atoms. The van der Waals surface area contributed by atoms with E-state index in [1.54, 1.807) is 25.1 Å². The maximum Gasteiger partial charge on any atom is 0.119 e. The van der Waals surface area contributed by atoms with Crippen LogP contribution in [0.4, 0.5) is 5.69 Å². The van der Waals surface area contributed by atoms with E-state index in [0.29, 0.717) is 0 Å². The van der Waals surface area contributed by atoms with E-state index in [0.717, 1.165) is 29.5 Å². The van der Waals surface area contributed by atoms with Crippen LogP contribution in [0.25, 0.3) is 0 Å². The first-order chi connectivity index (χ1) is 6.34. The van der Waals surface area contributed by atoms with Crippen molar-refractivity contribution in [1.82, 2.24) is 4.98 Å². The zero-order valence-electron chi connectivity index (χ0n) is 7.69. The standard InChI is InChI=1S/C9H14N2OS/c1-12-6-3-7-13-9-8(10)4-2-5-11-9/h2,4-5H,3,6-7,10H2,1H3. The van der Waals surface area contributed by atoms with Crippen molar-refractivity contribution in [1.29, 1.82) is 0 Å². The van der Waals surface area contributed by atoms with Crippen molar-refractivity contribution in [2.75, 3.05) is 25.2 Å². The van der Waals surface area contributed by atoms with E-state index in [-0.39, 0.29) is 0 Å². The van der Waals surface area contributed by atoms with Gasteiger partial charge in [-0.2, -0.15) is 0 Å². The average Bonchev–Trinajstić information content (AvgIpc) is 2.15. The van der Waals surface area contributed by atoms with Crippen molar-refractivity contribution in [2.45, 2.75) is 11.4 Å². The number of methoxy groups -OCH3 is 1. The molecule has 0 unspecified atom stereocenters. The Labute approximate surface area is 82.7 Å². The first-order valence-corrected chi connectivity index (χ1v) is 5.15. The van der Waals surface area contributed by atoms with Crippen molar-refractivity contribution >= 4 is 17.4 Å². The fourth-order valence-corrected chi connectivity index (χ4v) is 1.72. The lowest BCUT2D eigenvalue weighted by atomic mass is 10.4. The summed E-state index contributed by atoms with van der Waals surface area (Å²) in [5.74, 6) is 0.995. The first kappa shape index (κ1) is 10.3. The summed E-state index contributed by atoms with van der Waals surface area (Å²) < 4.78 is 4.95. The molecular weight excluding hydrogens is 184 g/mol. The molecule has 0 saturated heterocycles. The van der Waals surface area contributed by atoms with Gasteiger partial charge in [0, 0.05) is 25.7 Å². The normalized spacial score (nSPS) is 10.2. The largest absolute Gasteiger partial charge is 0.397 e. The van der Waals surface area contributed by atoms with Crippen molar-refractivity contribution < 1.29 is 4.74 Å². The van der Waals surface area contributed by atoms with E-state index in [1.807, 2.05) is 12.1 Å². The molecule has 0 fully saturated rings. The number of hydrogen-bond acceptors (Lipinski definition) is 4. The summed E-state index contributed by atoms with van der Waals surface area (Å²) in [4.78, 5) is 4.17. The van der Waals surface area contributed by atoms with Crippen molar-refractivity contribution in [3.63, 3.8) is 0 Å². The Morgan fingerprint density at radius 2 is 2.46 bits per heavy atom. The summed E-state index contributed by atoms with van der Waals surface area (Å²) in [5, 5.41) is 0.915. The van der Waals surface area contributed by atoms with Crippen molar-refractivity contribution in [3.05, 3.63) is 18.3 Å². The number of rotatable bonds is 5. The van der Waals surface area contributed by atoms with Crippen LogP contribution in [0.15, 0.2) is 23.4 Å². The Morgan fingerprint density at radius 3 is 3.15 bits per heavy atom. The summed E-state index contributed by atoms with van der Waals surface area (Å²) >= 11 is 1.67. The topological polar surface area (TPSA) is 48.1 Å². The lowest BCUT2D eigenvalue weighted by molar-refractivity contribution is 0.200. The summed E-state index contributed by atoms with van der Waals surface area (Å²) in [6, 6.07) is 3.71. The van der Waals surface area contributed by atoms with Crippen LogP contribution in [0.5, 0.6) is 0 Å². The minimum Gasteiger partial charge on any atom is -0.397 e. The summed E-state index contributed by atoms with van der Waals surface area (Å²) in [6.07, 6.45) is 2.78. The number of ether oxygens (including phenoxy) is 1.